The number of rotatable bonds is 1. The molecule has 0 radical (unpaired) electrons. The van der Waals surface area contributed by atoms with Gasteiger partial charge in [-0.25, -0.2) is 4.98 Å². The van der Waals surface area contributed by atoms with Gasteiger partial charge in [-0.2, -0.15) is 0 Å². The highest BCUT2D eigenvalue weighted by Crippen LogP contribution is 2.44. The quantitative estimate of drug-likeness (QED) is 0.738. The monoisotopic (exact) mass is 348 g/mol. The van der Waals surface area contributed by atoms with E-state index in [1.54, 1.807) is 0 Å². The summed E-state index contributed by atoms with van der Waals surface area (Å²) in [5.41, 5.74) is 4.93. The topological polar surface area (TPSA) is 34.9 Å². The van der Waals surface area contributed by atoms with Crippen LogP contribution in [0.2, 0.25) is 0 Å². The average molecular weight is 348 g/mol. The molecule has 2 aliphatic carbocycles. The van der Waals surface area contributed by atoms with Crippen LogP contribution in [0.4, 0.5) is 0 Å². The van der Waals surface area contributed by atoms with Crippen LogP contribution in [0.15, 0.2) is 29.1 Å². The molecule has 3 aliphatic rings. The second-order valence-electron chi connectivity index (χ2n) is 8.42. The molecule has 1 unspecified atom stereocenters. The van der Waals surface area contributed by atoms with E-state index in [0.29, 0.717) is 11.8 Å². The number of nitrogens with zero attached hydrogens (tertiary/aromatic N) is 2. The fourth-order valence-corrected chi connectivity index (χ4v) is 5.51. The number of aromatic nitrogens is 2. The molecule has 0 spiro atoms. The van der Waals surface area contributed by atoms with Crippen molar-refractivity contribution in [1.29, 1.82) is 0 Å². The van der Waals surface area contributed by atoms with Gasteiger partial charge in [-0.15, -0.1) is 0 Å². The number of hydrogen-bond acceptors (Lipinski definition) is 2. The first-order valence-electron chi connectivity index (χ1n) is 10.5. The standard InChI is InChI=1S/C23H28N2O/c26-23-21-19(16-9-3-1-4-10-16)15-17-11-6-7-12-18(17)22(21)24-20-13-5-2-8-14-25(20)23/h6-7,11-12,16,19H,1-5,8-10,13-15H2. The van der Waals surface area contributed by atoms with Crippen LogP contribution in [0, 0.1) is 5.92 Å². The Hall–Kier alpha value is -1.90. The highest BCUT2D eigenvalue weighted by molar-refractivity contribution is 5.70. The lowest BCUT2D eigenvalue weighted by Gasteiger charge is -2.35. The van der Waals surface area contributed by atoms with E-state index in [2.05, 4.69) is 24.3 Å². The van der Waals surface area contributed by atoms with Crippen molar-refractivity contribution in [2.75, 3.05) is 0 Å². The van der Waals surface area contributed by atoms with Crippen LogP contribution in [0.3, 0.4) is 0 Å². The van der Waals surface area contributed by atoms with Crippen molar-refractivity contribution in [2.24, 2.45) is 5.92 Å². The lowest BCUT2D eigenvalue weighted by atomic mass is 9.70. The van der Waals surface area contributed by atoms with Crippen LogP contribution >= 0.6 is 0 Å². The Kier molecular flexibility index (Phi) is 4.18. The Bertz CT molecular complexity index is 876. The molecule has 2 aromatic rings. The molecule has 0 amide bonds. The largest absolute Gasteiger partial charge is 0.296 e. The van der Waals surface area contributed by atoms with Gasteiger partial charge < -0.3 is 0 Å². The molecule has 0 saturated heterocycles. The molecule has 1 aromatic carbocycles. The molecule has 1 saturated carbocycles. The minimum atomic E-state index is 0.275. The van der Waals surface area contributed by atoms with E-state index >= 15 is 0 Å². The van der Waals surface area contributed by atoms with E-state index in [9.17, 15) is 4.79 Å². The number of benzene rings is 1. The summed E-state index contributed by atoms with van der Waals surface area (Å²) in [6.07, 6.45) is 12.0. The third-order valence-corrected chi connectivity index (χ3v) is 6.87. The Labute approximate surface area is 155 Å². The van der Waals surface area contributed by atoms with E-state index in [-0.39, 0.29) is 5.56 Å². The van der Waals surface area contributed by atoms with Crippen LogP contribution in [0.25, 0.3) is 11.3 Å². The molecule has 5 rings (SSSR count). The Morgan fingerprint density at radius 1 is 0.962 bits per heavy atom. The molecule has 1 aromatic heterocycles. The van der Waals surface area contributed by atoms with Gasteiger partial charge in [0.1, 0.15) is 5.82 Å². The van der Waals surface area contributed by atoms with Gasteiger partial charge in [-0.3, -0.25) is 9.36 Å². The number of aryl methyl sites for hydroxylation is 1. The van der Waals surface area contributed by atoms with E-state index in [0.717, 1.165) is 49.3 Å². The third-order valence-electron chi connectivity index (χ3n) is 6.87. The van der Waals surface area contributed by atoms with E-state index in [1.807, 2.05) is 4.57 Å². The summed E-state index contributed by atoms with van der Waals surface area (Å²) in [7, 11) is 0. The van der Waals surface area contributed by atoms with Crippen molar-refractivity contribution in [1.82, 2.24) is 9.55 Å². The minimum absolute atomic E-state index is 0.275. The molecule has 136 valence electrons. The first-order valence-corrected chi connectivity index (χ1v) is 10.5. The van der Waals surface area contributed by atoms with Gasteiger partial charge in [0, 0.05) is 24.1 Å². The molecule has 1 fully saturated rings. The van der Waals surface area contributed by atoms with Crippen LogP contribution in [0.5, 0.6) is 0 Å². The number of fused-ring (bicyclic) bond motifs is 4. The highest BCUT2D eigenvalue weighted by Gasteiger charge is 2.35. The zero-order valence-corrected chi connectivity index (χ0v) is 15.5. The van der Waals surface area contributed by atoms with Crippen LogP contribution in [0.1, 0.15) is 74.2 Å². The van der Waals surface area contributed by atoms with Crippen molar-refractivity contribution in [3.8, 4) is 11.3 Å². The fraction of sp³-hybridized carbons (Fsp3) is 0.565. The Balaban J connectivity index is 1.72. The van der Waals surface area contributed by atoms with Crippen molar-refractivity contribution in [2.45, 2.75) is 76.7 Å². The van der Waals surface area contributed by atoms with E-state index in [1.165, 1.54) is 49.7 Å². The van der Waals surface area contributed by atoms with Gasteiger partial charge in [0.2, 0.25) is 0 Å². The van der Waals surface area contributed by atoms with Crippen LogP contribution in [-0.4, -0.2) is 9.55 Å². The van der Waals surface area contributed by atoms with Crippen molar-refractivity contribution in [3.63, 3.8) is 0 Å². The van der Waals surface area contributed by atoms with Crippen molar-refractivity contribution >= 4 is 0 Å². The molecule has 3 heteroatoms. The Morgan fingerprint density at radius 3 is 2.65 bits per heavy atom. The van der Waals surface area contributed by atoms with Gasteiger partial charge in [0.05, 0.1) is 5.69 Å². The summed E-state index contributed by atoms with van der Waals surface area (Å²) >= 11 is 0. The average Bonchev–Trinajstić information content (AvgIpc) is 2.94. The molecule has 0 N–H and O–H groups in total. The van der Waals surface area contributed by atoms with Gasteiger partial charge in [0.15, 0.2) is 0 Å². The molecule has 1 aliphatic heterocycles. The van der Waals surface area contributed by atoms with E-state index < -0.39 is 0 Å². The lowest BCUT2D eigenvalue weighted by Crippen LogP contribution is -2.35. The first kappa shape index (κ1) is 16.3. The molecule has 1 atom stereocenters. The predicted molar refractivity (Wildman–Crippen MR) is 105 cm³/mol. The summed E-state index contributed by atoms with van der Waals surface area (Å²) in [4.78, 5) is 18.7. The zero-order chi connectivity index (χ0) is 17.5. The van der Waals surface area contributed by atoms with Crippen molar-refractivity contribution in [3.05, 3.63) is 51.6 Å². The van der Waals surface area contributed by atoms with Crippen molar-refractivity contribution < 1.29 is 0 Å². The smallest absolute Gasteiger partial charge is 0.257 e. The maximum atomic E-state index is 13.6. The molecule has 3 nitrogen and oxygen atoms in total. The summed E-state index contributed by atoms with van der Waals surface area (Å²) < 4.78 is 2.02. The normalized spacial score (nSPS) is 22.8. The lowest BCUT2D eigenvalue weighted by molar-refractivity contribution is 0.298. The SMILES string of the molecule is O=c1c2c(nc3n1CCCCC3)-c1ccccc1CC2C1CCCCC1. The molecule has 26 heavy (non-hydrogen) atoms. The van der Waals surface area contributed by atoms with Gasteiger partial charge in [-0.1, -0.05) is 49.9 Å². The molecular formula is C23H28N2O. The summed E-state index contributed by atoms with van der Waals surface area (Å²) in [5, 5.41) is 0. The number of hydrogen-bond donors (Lipinski definition) is 0. The van der Waals surface area contributed by atoms with Crippen LogP contribution < -0.4 is 5.56 Å². The Morgan fingerprint density at radius 2 is 1.77 bits per heavy atom. The maximum Gasteiger partial charge on any atom is 0.257 e. The van der Waals surface area contributed by atoms with Gasteiger partial charge >= 0.3 is 0 Å². The van der Waals surface area contributed by atoms with Crippen LogP contribution in [-0.2, 0) is 19.4 Å². The predicted octanol–water partition coefficient (Wildman–Crippen LogP) is 4.86. The second kappa shape index (κ2) is 6.68. The maximum absolute atomic E-state index is 13.6. The highest BCUT2D eigenvalue weighted by atomic mass is 16.1. The first-order chi connectivity index (χ1) is 12.8. The van der Waals surface area contributed by atoms with Gasteiger partial charge in [0.25, 0.3) is 5.56 Å². The zero-order valence-electron chi connectivity index (χ0n) is 15.5. The van der Waals surface area contributed by atoms with E-state index in [4.69, 9.17) is 4.98 Å². The molecule has 0 bridgehead atoms. The fourth-order valence-electron chi connectivity index (χ4n) is 5.51. The summed E-state index contributed by atoms with van der Waals surface area (Å²) in [6.45, 7) is 0.855. The molecule has 2 heterocycles. The summed E-state index contributed by atoms with van der Waals surface area (Å²) in [6, 6.07) is 8.65. The summed E-state index contributed by atoms with van der Waals surface area (Å²) in [5.74, 6) is 2.03. The molecular weight excluding hydrogens is 320 g/mol. The second-order valence-corrected chi connectivity index (χ2v) is 8.42. The minimum Gasteiger partial charge on any atom is -0.296 e. The van der Waals surface area contributed by atoms with Gasteiger partial charge in [-0.05, 0) is 49.5 Å². The third kappa shape index (κ3) is 2.64.